The zero-order valence-corrected chi connectivity index (χ0v) is 11.5. The number of rotatable bonds is 4. The Morgan fingerprint density at radius 2 is 2.11 bits per heavy atom. The Kier molecular flexibility index (Phi) is 5.16. The molecule has 0 radical (unpaired) electrons. The Labute approximate surface area is 110 Å². The number of thioether (sulfide) groups is 1. The van der Waals surface area contributed by atoms with Crippen molar-refractivity contribution in [2.45, 2.75) is 37.9 Å². The van der Waals surface area contributed by atoms with Gasteiger partial charge in [-0.3, -0.25) is 4.79 Å². The maximum absolute atomic E-state index is 13.5. The lowest BCUT2D eigenvalue weighted by Gasteiger charge is -2.19. The largest absolute Gasteiger partial charge is 0.459 e. The number of halogens is 1. The van der Waals surface area contributed by atoms with Gasteiger partial charge < -0.3 is 9.84 Å². The second-order valence-electron chi connectivity index (χ2n) is 4.80. The van der Waals surface area contributed by atoms with Crippen LogP contribution in [0, 0.1) is 5.82 Å². The molecule has 0 atom stereocenters. The van der Waals surface area contributed by atoms with Crippen LogP contribution in [-0.4, -0.2) is 22.4 Å². The van der Waals surface area contributed by atoms with E-state index >= 15 is 0 Å². The van der Waals surface area contributed by atoms with Gasteiger partial charge in [-0.1, -0.05) is 6.07 Å². The molecular formula is C13H17FO3S. The van der Waals surface area contributed by atoms with Crippen molar-refractivity contribution in [1.82, 2.24) is 0 Å². The third kappa shape index (κ3) is 5.06. The third-order valence-electron chi connectivity index (χ3n) is 1.94. The molecule has 100 valence electrons. The van der Waals surface area contributed by atoms with Gasteiger partial charge in [0.1, 0.15) is 11.4 Å². The van der Waals surface area contributed by atoms with Crippen LogP contribution in [0.1, 0.15) is 26.3 Å². The number of aliphatic hydroxyl groups is 1. The van der Waals surface area contributed by atoms with Crippen LogP contribution in [0.3, 0.4) is 0 Å². The summed E-state index contributed by atoms with van der Waals surface area (Å²) in [5.74, 6) is -0.750. The molecule has 0 saturated heterocycles. The molecule has 0 saturated carbocycles. The molecule has 0 heterocycles. The summed E-state index contributed by atoms with van der Waals surface area (Å²) in [5, 5.41) is 8.85. The van der Waals surface area contributed by atoms with E-state index in [0.717, 1.165) is 11.8 Å². The summed E-state index contributed by atoms with van der Waals surface area (Å²) in [7, 11) is 0. The Morgan fingerprint density at radius 1 is 1.44 bits per heavy atom. The van der Waals surface area contributed by atoms with E-state index in [1.54, 1.807) is 32.9 Å². The Hall–Kier alpha value is -1.07. The number of carbonyl (C=O) groups excluding carboxylic acids is 1. The maximum atomic E-state index is 13.5. The molecule has 0 unspecified atom stereocenters. The second-order valence-corrected chi connectivity index (χ2v) is 5.82. The predicted molar refractivity (Wildman–Crippen MR) is 68.9 cm³/mol. The van der Waals surface area contributed by atoms with Crippen molar-refractivity contribution in [3.8, 4) is 0 Å². The summed E-state index contributed by atoms with van der Waals surface area (Å²) in [6.45, 7) is 5.15. The predicted octanol–water partition coefficient (Wildman–Crippen LogP) is 2.75. The Morgan fingerprint density at radius 3 is 2.61 bits per heavy atom. The number of ether oxygens (including phenoxy) is 1. The van der Waals surface area contributed by atoms with Crippen LogP contribution < -0.4 is 0 Å². The quantitative estimate of drug-likeness (QED) is 0.676. The van der Waals surface area contributed by atoms with Crippen molar-refractivity contribution in [3.05, 3.63) is 29.6 Å². The van der Waals surface area contributed by atoms with Crippen LogP contribution in [0.5, 0.6) is 0 Å². The van der Waals surface area contributed by atoms with Gasteiger partial charge in [0.2, 0.25) is 0 Å². The maximum Gasteiger partial charge on any atom is 0.316 e. The number of aliphatic hydroxyl groups excluding tert-OH is 1. The lowest BCUT2D eigenvalue weighted by atomic mass is 10.2. The molecule has 18 heavy (non-hydrogen) atoms. The van der Waals surface area contributed by atoms with E-state index in [-0.39, 0.29) is 18.3 Å². The van der Waals surface area contributed by atoms with E-state index in [1.807, 2.05) is 0 Å². The summed E-state index contributed by atoms with van der Waals surface area (Å²) in [4.78, 5) is 11.8. The SMILES string of the molecule is CC(C)(C)OC(=O)CSc1ccc(CO)cc1F. The van der Waals surface area contributed by atoms with Gasteiger partial charge in [-0.15, -0.1) is 11.8 Å². The first-order chi connectivity index (χ1) is 8.31. The van der Waals surface area contributed by atoms with E-state index in [9.17, 15) is 9.18 Å². The van der Waals surface area contributed by atoms with Gasteiger partial charge in [-0.2, -0.15) is 0 Å². The fourth-order valence-corrected chi connectivity index (χ4v) is 1.96. The number of benzene rings is 1. The first kappa shape index (κ1) is 15.0. The minimum atomic E-state index is -0.531. The van der Waals surface area contributed by atoms with Gasteiger partial charge in [0.05, 0.1) is 12.4 Å². The van der Waals surface area contributed by atoms with Crippen LogP contribution in [-0.2, 0) is 16.1 Å². The van der Waals surface area contributed by atoms with Crippen LogP contribution in [0.2, 0.25) is 0 Å². The highest BCUT2D eigenvalue weighted by atomic mass is 32.2. The highest BCUT2D eigenvalue weighted by molar-refractivity contribution is 8.00. The van der Waals surface area contributed by atoms with E-state index in [0.29, 0.717) is 10.5 Å². The molecule has 5 heteroatoms. The van der Waals surface area contributed by atoms with E-state index < -0.39 is 11.4 Å². The molecule has 0 aliphatic rings. The van der Waals surface area contributed by atoms with Crippen LogP contribution in [0.25, 0.3) is 0 Å². The zero-order chi connectivity index (χ0) is 13.8. The number of hydrogen-bond acceptors (Lipinski definition) is 4. The summed E-state index contributed by atoms with van der Waals surface area (Å²) in [5.41, 5.74) is -0.0224. The molecule has 0 aliphatic heterocycles. The van der Waals surface area contributed by atoms with Gasteiger partial charge in [0.25, 0.3) is 0 Å². The third-order valence-corrected chi connectivity index (χ3v) is 2.97. The zero-order valence-electron chi connectivity index (χ0n) is 10.7. The lowest BCUT2D eigenvalue weighted by Crippen LogP contribution is -2.24. The van der Waals surface area contributed by atoms with Crippen molar-refractivity contribution in [2.75, 3.05) is 5.75 Å². The average Bonchev–Trinajstić information content (AvgIpc) is 2.25. The molecule has 1 N–H and O–H groups in total. The van der Waals surface area contributed by atoms with Gasteiger partial charge >= 0.3 is 5.97 Å². The lowest BCUT2D eigenvalue weighted by molar-refractivity contribution is -0.151. The van der Waals surface area contributed by atoms with Gasteiger partial charge in [-0.05, 0) is 38.5 Å². The molecular weight excluding hydrogens is 255 g/mol. The molecule has 0 spiro atoms. The summed E-state index contributed by atoms with van der Waals surface area (Å²) >= 11 is 1.08. The minimum absolute atomic E-state index is 0.0622. The fourth-order valence-electron chi connectivity index (χ4n) is 1.27. The molecule has 0 aliphatic carbocycles. The number of carbonyl (C=O) groups is 1. The molecule has 0 amide bonds. The highest BCUT2D eigenvalue weighted by Crippen LogP contribution is 2.23. The summed E-state index contributed by atoms with van der Waals surface area (Å²) in [6.07, 6.45) is 0. The van der Waals surface area contributed by atoms with Gasteiger partial charge in [0, 0.05) is 4.90 Å². The standard InChI is InChI=1S/C13H17FO3S/c1-13(2,3)17-12(16)8-18-11-5-4-9(7-15)6-10(11)14/h4-6,15H,7-8H2,1-3H3. The van der Waals surface area contributed by atoms with Crippen LogP contribution >= 0.6 is 11.8 Å². The highest BCUT2D eigenvalue weighted by Gasteiger charge is 2.16. The van der Waals surface area contributed by atoms with Crippen LogP contribution in [0.4, 0.5) is 4.39 Å². The first-order valence-corrected chi connectivity index (χ1v) is 6.54. The van der Waals surface area contributed by atoms with Gasteiger partial charge in [-0.25, -0.2) is 4.39 Å². The van der Waals surface area contributed by atoms with Crippen molar-refractivity contribution in [2.24, 2.45) is 0 Å². The molecule has 0 bridgehead atoms. The van der Waals surface area contributed by atoms with Crippen molar-refractivity contribution in [3.63, 3.8) is 0 Å². The number of hydrogen-bond donors (Lipinski definition) is 1. The van der Waals surface area contributed by atoms with E-state index in [4.69, 9.17) is 9.84 Å². The van der Waals surface area contributed by atoms with Crippen LogP contribution in [0.15, 0.2) is 23.1 Å². The van der Waals surface area contributed by atoms with Crippen molar-refractivity contribution in [1.29, 1.82) is 0 Å². The van der Waals surface area contributed by atoms with Gasteiger partial charge in [0.15, 0.2) is 0 Å². The molecule has 1 aromatic carbocycles. The average molecular weight is 272 g/mol. The van der Waals surface area contributed by atoms with E-state index in [2.05, 4.69) is 0 Å². The fraction of sp³-hybridized carbons (Fsp3) is 0.462. The Bertz CT molecular complexity index is 427. The van der Waals surface area contributed by atoms with Crippen molar-refractivity contribution < 1.29 is 19.0 Å². The van der Waals surface area contributed by atoms with E-state index in [1.165, 1.54) is 6.07 Å². The second kappa shape index (κ2) is 6.20. The molecule has 3 nitrogen and oxygen atoms in total. The molecule has 1 rings (SSSR count). The molecule has 0 aromatic heterocycles. The first-order valence-electron chi connectivity index (χ1n) is 5.56. The molecule has 0 fully saturated rings. The Balaban J connectivity index is 2.56. The summed E-state index contributed by atoms with van der Waals surface area (Å²) in [6, 6.07) is 4.44. The summed E-state index contributed by atoms with van der Waals surface area (Å²) < 4.78 is 18.7. The minimum Gasteiger partial charge on any atom is -0.459 e. The molecule has 1 aromatic rings. The monoisotopic (exact) mass is 272 g/mol. The smallest absolute Gasteiger partial charge is 0.316 e. The normalized spacial score (nSPS) is 11.4. The number of esters is 1. The topological polar surface area (TPSA) is 46.5 Å². The van der Waals surface area contributed by atoms with Crippen molar-refractivity contribution >= 4 is 17.7 Å².